The number of aryl methyl sites for hydroxylation is 2. The van der Waals surface area contributed by atoms with E-state index in [9.17, 15) is 4.79 Å². The van der Waals surface area contributed by atoms with Gasteiger partial charge in [0, 0.05) is 29.3 Å². The van der Waals surface area contributed by atoms with Crippen LogP contribution in [0.1, 0.15) is 11.1 Å². The molecule has 0 saturated heterocycles. The van der Waals surface area contributed by atoms with Crippen molar-refractivity contribution in [3.63, 3.8) is 0 Å². The van der Waals surface area contributed by atoms with E-state index in [4.69, 9.17) is 4.98 Å². The van der Waals surface area contributed by atoms with Crippen LogP contribution in [0.4, 0.5) is 16.2 Å². The third-order valence-electron chi connectivity index (χ3n) is 4.39. The number of carbonyl (C=O) groups excluding carboxylic acids is 1. The lowest BCUT2D eigenvalue weighted by atomic mass is 10.1. The lowest BCUT2D eigenvalue weighted by Crippen LogP contribution is -2.19. The molecule has 0 aliphatic heterocycles. The minimum absolute atomic E-state index is 0.267. The first-order chi connectivity index (χ1) is 13.1. The number of benzene rings is 2. The predicted octanol–water partition coefficient (Wildman–Crippen LogP) is 5.26. The zero-order valence-electron chi connectivity index (χ0n) is 15.2. The molecule has 27 heavy (non-hydrogen) atoms. The SMILES string of the molecule is Cc1cccc(NC(=O)Nc2ccc(-c3cn4cccc(C)c4n3)cc2)c1. The number of imidazole rings is 1. The van der Waals surface area contributed by atoms with Crippen molar-refractivity contribution in [2.24, 2.45) is 0 Å². The highest BCUT2D eigenvalue weighted by atomic mass is 16.2. The Bertz CT molecular complexity index is 1110. The molecule has 2 aromatic carbocycles. The Morgan fingerprint density at radius 2 is 1.70 bits per heavy atom. The summed E-state index contributed by atoms with van der Waals surface area (Å²) in [6, 6.07) is 19.1. The first-order valence-corrected chi connectivity index (χ1v) is 8.78. The highest BCUT2D eigenvalue weighted by molar-refractivity contribution is 5.99. The summed E-state index contributed by atoms with van der Waals surface area (Å²) in [7, 11) is 0. The molecule has 0 saturated carbocycles. The normalized spacial score (nSPS) is 10.7. The van der Waals surface area contributed by atoms with Crippen molar-refractivity contribution < 1.29 is 4.79 Å². The third kappa shape index (κ3) is 3.67. The Morgan fingerprint density at radius 3 is 2.44 bits per heavy atom. The number of hydrogen-bond acceptors (Lipinski definition) is 2. The highest BCUT2D eigenvalue weighted by Gasteiger charge is 2.07. The van der Waals surface area contributed by atoms with E-state index >= 15 is 0 Å². The van der Waals surface area contributed by atoms with Gasteiger partial charge < -0.3 is 15.0 Å². The minimum Gasteiger partial charge on any atom is -0.308 e. The molecule has 0 bridgehead atoms. The number of pyridine rings is 1. The number of hydrogen-bond donors (Lipinski definition) is 2. The van der Waals surface area contributed by atoms with E-state index in [1.165, 1.54) is 0 Å². The lowest BCUT2D eigenvalue weighted by Gasteiger charge is -2.08. The number of anilines is 2. The number of carbonyl (C=O) groups is 1. The first kappa shape index (κ1) is 16.8. The number of amides is 2. The topological polar surface area (TPSA) is 58.4 Å². The number of fused-ring (bicyclic) bond motifs is 1. The van der Waals surface area contributed by atoms with Gasteiger partial charge in [-0.25, -0.2) is 9.78 Å². The van der Waals surface area contributed by atoms with Gasteiger partial charge in [0.05, 0.1) is 5.69 Å². The third-order valence-corrected chi connectivity index (χ3v) is 4.39. The van der Waals surface area contributed by atoms with E-state index in [1.807, 2.05) is 91.3 Å². The van der Waals surface area contributed by atoms with Crippen LogP contribution in [0.15, 0.2) is 73.1 Å². The molecule has 134 valence electrons. The van der Waals surface area contributed by atoms with Crippen molar-refractivity contribution in [2.45, 2.75) is 13.8 Å². The summed E-state index contributed by atoms with van der Waals surface area (Å²) in [5.74, 6) is 0. The Morgan fingerprint density at radius 1 is 0.926 bits per heavy atom. The molecule has 0 aliphatic carbocycles. The van der Waals surface area contributed by atoms with Gasteiger partial charge in [0.2, 0.25) is 0 Å². The van der Waals surface area contributed by atoms with Gasteiger partial charge in [-0.1, -0.05) is 30.3 Å². The number of rotatable bonds is 3. The molecule has 0 radical (unpaired) electrons. The lowest BCUT2D eigenvalue weighted by molar-refractivity contribution is 0.262. The maximum absolute atomic E-state index is 12.2. The summed E-state index contributed by atoms with van der Waals surface area (Å²) >= 11 is 0. The van der Waals surface area contributed by atoms with E-state index in [2.05, 4.69) is 10.6 Å². The molecule has 2 aromatic heterocycles. The van der Waals surface area contributed by atoms with E-state index in [0.29, 0.717) is 0 Å². The first-order valence-electron chi connectivity index (χ1n) is 8.78. The van der Waals surface area contributed by atoms with Gasteiger partial charge >= 0.3 is 6.03 Å². The van der Waals surface area contributed by atoms with Crippen molar-refractivity contribution in [3.8, 4) is 11.3 Å². The van der Waals surface area contributed by atoms with Crippen molar-refractivity contribution >= 4 is 23.1 Å². The fraction of sp³-hybridized carbons (Fsp3) is 0.0909. The van der Waals surface area contributed by atoms with Crippen LogP contribution in [0.3, 0.4) is 0 Å². The van der Waals surface area contributed by atoms with Crippen molar-refractivity contribution in [2.75, 3.05) is 10.6 Å². The van der Waals surface area contributed by atoms with E-state index in [-0.39, 0.29) is 6.03 Å². The zero-order chi connectivity index (χ0) is 18.8. The van der Waals surface area contributed by atoms with Crippen LogP contribution >= 0.6 is 0 Å². The molecule has 4 aromatic rings. The van der Waals surface area contributed by atoms with Gasteiger partial charge in [0.25, 0.3) is 0 Å². The molecule has 5 nitrogen and oxygen atoms in total. The molecule has 0 atom stereocenters. The molecule has 4 rings (SSSR count). The highest BCUT2D eigenvalue weighted by Crippen LogP contribution is 2.22. The van der Waals surface area contributed by atoms with Crippen LogP contribution in [0, 0.1) is 13.8 Å². The fourth-order valence-corrected chi connectivity index (χ4v) is 3.03. The Kier molecular flexibility index (Phi) is 4.34. The smallest absolute Gasteiger partial charge is 0.308 e. The number of nitrogens with one attached hydrogen (secondary N) is 2. The second-order valence-electron chi connectivity index (χ2n) is 6.57. The standard InChI is InChI=1S/C22H20N4O/c1-15-5-3-7-19(13-15)24-22(27)23-18-10-8-17(9-11-18)20-14-26-12-4-6-16(2)21(26)25-20/h3-14H,1-2H3,(H2,23,24,27). The van der Waals surface area contributed by atoms with Crippen LogP contribution in [-0.2, 0) is 0 Å². The zero-order valence-corrected chi connectivity index (χ0v) is 15.2. The Labute approximate surface area is 157 Å². The molecule has 2 amide bonds. The van der Waals surface area contributed by atoms with Crippen molar-refractivity contribution in [1.82, 2.24) is 9.38 Å². The van der Waals surface area contributed by atoms with Crippen molar-refractivity contribution in [1.29, 1.82) is 0 Å². The molecular formula is C22H20N4O. The van der Waals surface area contributed by atoms with E-state index in [0.717, 1.165) is 39.4 Å². The summed E-state index contributed by atoms with van der Waals surface area (Å²) in [4.78, 5) is 16.9. The maximum Gasteiger partial charge on any atom is 0.323 e. The molecule has 0 unspecified atom stereocenters. The molecular weight excluding hydrogens is 336 g/mol. The van der Waals surface area contributed by atoms with Crippen LogP contribution < -0.4 is 10.6 Å². The second-order valence-corrected chi connectivity index (χ2v) is 6.57. The van der Waals surface area contributed by atoms with Gasteiger partial charge in [0.15, 0.2) is 0 Å². The summed E-state index contributed by atoms with van der Waals surface area (Å²) in [5, 5.41) is 5.68. The molecule has 2 N–H and O–H groups in total. The second kappa shape index (κ2) is 6.96. The number of aromatic nitrogens is 2. The molecule has 5 heteroatoms. The predicted molar refractivity (Wildman–Crippen MR) is 109 cm³/mol. The van der Waals surface area contributed by atoms with Gasteiger partial charge in [-0.2, -0.15) is 0 Å². The maximum atomic E-state index is 12.2. The number of urea groups is 1. The molecule has 2 heterocycles. The van der Waals surface area contributed by atoms with Crippen molar-refractivity contribution in [3.05, 3.63) is 84.2 Å². The van der Waals surface area contributed by atoms with Crippen LogP contribution in [0.25, 0.3) is 16.9 Å². The summed E-state index contributed by atoms with van der Waals surface area (Å²) < 4.78 is 2.02. The van der Waals surface area contributed by atoms with Crippen LogP contribution in [0.5, 0.6) is 0 Å². The largest absolute Gasteiger partial charge is 0.323 e. The average molecular weight is 356 g/mol. The molecule has 0 spiro atoms. The summed E-state index contributed by atoms with van der Waals surface area (Å²) in [6.07, 6.45) is 4.00. The van der Waals surface area contributed by atoms with Gasteiger partial charge in [-0.15, -0.1) is 0 Å². The molecule has 0 fully saturated rings. The van der Waals surface area contributed by atoms with Crippen LogP contribution in [0.2, 0.25) is 0 Å². The number of nitrogens with zero attached hydrogens (tertiary/aromatic N) is 2. The summed E-state index contributed by atoms with van der Waals surface area (Å²) in [6.45, 7) is 4.04. The van der Waals surface area contributed by atoms with E-state index in [1.54, 1.807) is 0 Å². The molecule has 0 aliphatic rings. The summed E-state index contributed by atoms with van der Waals surface area (Å²) in [5.41, 5.74) is 6.58. The minimum atomic E-state index is -0.267. The fourth-order valence-electron chi connectivity index (χ4n) is 3.03. The van der Waals surface area contributed by atoms with Crippen LogP contribution in [-0.4, -0.2) is 15.4 Å². The van der Waals surface area contributed by atoms with Gasteiger partial charge in [-0.3, -0.25) is 0 Å². The Hall–Kier alpha value is -3.60. The Balaban J connectivity index is 1.48. The van der Waals surface area contributed by atoms with Gasteiger partial charge in [0.1, 0.15) is 5.65 Å². The quantitative estimate of drug-likeness (QED) is 0.526. The van der Waals surface area contributed by atoms with E-state index < -0.39 is 0 Å². The monoisotopic (exact) mass is 356 g/mol. The van der Waals surface area contributed by atoms with Gasteiger partial charge in [-0.05, 0) is 55.3 Å². The average Bonchev–Trinajstić information content (AvgIpc) is 3.08.